The molecule has 0 aliphatic heterocycles. The molecule has 0 fully saturated rings. The molecule has 6 heteroatoms. The number of nitrogens with one attached hydrogen (secondary N) is 1. The summed E-state index contributed by atoms with van der Waals surface area (Å²) in [5.74, 6) is 0.250. The Balaban J connectivity index is 2.94. The third-order valence-electron chi connectivity index (χ3n) is 2.71. The van der Waals surface area contributed by atoms with Gasteiger partial charge >= 0.3 is 6.61 Å². The van der Waals surface area contributed by atoms with Crippen LogP contribution in [0.25, 0.3) is 0 Å². The predicted molar refractivity (Wildman–Crippen MR) is 72.4 cm³/mol. The van der Waals surface area contributed by atoms with Crippen LogP contribution in [0, 0.1) is 0 Å². The zero-order chi connectivity index (χ0) is 15.0. The average molecular weight is 289 g/mol. The van der Waals surface area contributed by atoms with Gasteiger partial charge in [-0.3, -0.25) is 0 Å². The number of rotatable bonds is 9. The third-order valence-corrected chi connectivity index (χ3v) is 2.71. The van der Waals surface area contributed by atoms with Crippen LogP contribution in [0.2, 0.25) is 0 Å². The van der Waals surface area contributed by atoms with Gasteiger partial charge in [-0.1, -0.05) is 13.0 Å². The Labute approximate surface area is 117 Å². The van der Waals surface area contributed by atoms with Crippen molar-refractivity contribution in [2.24, 2.45) is 0 Å². The first-order chi connectivity index (χ1) is 9.62. The first kappa shape index (κ1) is 16.7. The standard InChI is InChI=1S/C14H21F2NO3/c1-3-7-17-11(9-18)10-5-6-12(20-14(15)16)13(8-10)19-4-2/h5-6,8,11,14,17-18H,3-4,7,9H2,1-2H3. The molecule has 2 N–H and O–H groups in total. The summed E-state index contributed by atoms with van der Waals surface area (Å²) in [5.41, 5.74) is 0.769. The Morgan fingerprint density at radius 3 is 2.55 bits per heavy atom. The number of hydrogen-bond acceptors (Lipinski definition) is 4. The SMILES string of the molecule is CCCNC(CO)c1ccc(OC(F)F)c(OCC)c1. The smallest absolute Gasteiger partial charge is 0.387 e. The molecule has 1 atom stereocenters. The third kappa shape index (κ3) is 4.94. The minimum atomic E-state index is -2.90. The van der Waals surface area contributed by atoms with E-state index in [-0.39, 0.29) is 24.1 Å². The van der Waals surface area contributed by atoms with E-state index in [0.29, 0.717) is 6.61 Å². The maximum atomic E-state index is 12.3. The Hall–Kier alpha value is -1.40. The second kappa shape index (κ2) is 8.71. The summed E-state index contributed by atoms with van der Waals surface area (Å²) in [6.07, 6.45) is 0.932. The molecule has 1 rings (SSSR count). The highest BCUT2D eigenvalue weighted by atomic mass is 19.3. The van der Waals surface area contributed by atoms with Gasteiger partial charge in [0.15, 0.2) is 11.5 Å². The van der Waals surface area contributed by atoms with Gasteiger partial charge in [0.05, 0.1) is 19.3 Å². The number of halogens is 2. The van der Waals surface area contributed by atoms with Crippen molar-refractivity contribution >= 4 is 0 Å². The van der Waals surface area contributed by atoms with Crippen molar-refractivity contribution in [2.45, 2.75) is 32.9 Å². The van der Waals surface area contributed by atoms with E-state index in [0.717, 1.165) is 18.5 Å². The zero-order valence-corrected chi connectivity index (χ0v) is 11.7. The molecular weight excluding hydrogens is 268 g/mol. The Kier molecular flexibility index (Phi) is 7.25. The fourth-order valence-corrected chi connectivity index (χ4v) is 1.81. The summed E-state index contributed by atoms with van der Waals surface area (Å²) in [7, 11) is 0. The van der Waals surface area contributed by atoms with Crippen molar-refractivity contribution in [1.82, 2.24) is 5.32 Å². The quantitative estimate of drug-likeness (QED) is 0.734. The minimum Gasteiger partial charge on any atom is -0.490 e. The highest BCUT2D eigenvalue weighted by Gasteiger charge is 2.15. The molecule has 0 radical (unpaired) electrons. The molecule has 0 saturated heterocycles. The summed E-state index contributed by atoms with van der Waals surface area (Å²) in [4.78, 5) is 0. The molecular formula is C14H21F2NO3. The fourth-order valence-electron chi connectivity index (χ4n) is 1.81. The van der Waals surface area contributed by atoms with Crippen LogP contribution in [0.3, 0.4) is 0 Å². The molecule has 114 valence electrons. The molecule has 0 aliphatic rings. The normalized spacial score (nSPS) is 12.5. The highest BCUT2D eigenvalue weighted by molar-refractivity contribution is 5.44. The van der Waals surface area contributed by atoms with Gasteiger partial charge in [0.25, 0.3) is 0 Å². The molecule has 1 aromatic carbocycles. The number of aliphatic hydroxyl groups excluding tert-OH is 1. The molecule has 0 saturated carbocycles. The number of ether oxygens (including phenoxy) is 2. The van der Waals surface area contributed by atoms with Gasteiger partial charge < -0.3 is 19.9 Å². The van der Waals surface area contributed by atoms with E-state index in [2.05, 4.69) is 10.1 Å². The summed E-state index contributed by atoms with van der Waals surface area (Å²) in [6.45, 7) is 1.90. The lowest BCUT2D eigenvalue weighted by atomic mass is 10.1. The van der Waals surface area contributed by atoms with Crippen LogP contribution in [0.15, 0.2) is 18.2 Å². The fraction of sp³-hybridized carbons (Fsp3) is 0.571. The molecule has 1 aromatic rings. The van der Waals surface area contributed by atoms with Crippen molar-refractivity contribution in [1.29, 1.82) is 0 Å². The average Bonchev–Trinajstić information content (AvgIpc) is 2.42. The van der Waals surface area contributed by atoms with E-state index in [4.69, 9.17) is 4.74 Å². The van der Waals surface area contributed by atoms with Crippen molar-refractivity contribution in [3.63, 3.8) is 0 Å². The largest absolute Gasteiger partial charge is 0.490 e. The lowest BCUT2D eigenvalue weighted by Crippen LogP contribution is -2.25. The highest BCUT2D eigenvalue weighted by Crippen LogP contribution is 2.31. The maximum absolute atomic E-state index is 12.3. The molecule has 0 aromatic heterocycles. The van der Waals surface area contributed by atoms with Crippen molar-refractivity contribution in [3.8, 4) is 11.5 Å². The molecule has 1 unspecified atom stereocenters. The van der Waals surface area contributed by atoms with Gasteiger partial charge in [-0.15, -0.1) is 0 Å². The predicted octanol–water partition coefficient (Wildman–Crippen LogP) is 2.72. The van der Waals surface area contributed by atoms with Crippen LogP contribution >= 0.6 is 0 Å². The number of hydrogen-bond donors (Lipinski definition) is 2. The van der Waals surface area contributed by atoms with Crippen LogP contribution < -0.4 is 14.8 Å². The van der Waals surface area contributed by atoms with E-state index in [1.54, 1.807) is 19.1 Å². The van der Waals surface area contributed by atoms with Gasteiger partial charge in [-0.2, -0.15) is 8.78 Å². The molecule has 0 bridgehead atoms. The maximum Gasteiger partial charge on any atom is 0.387 e. The molecule has 0 heterocycles. The van der Waals surface area contributed by atoms with Gasteiger partial charge in [-0.25, -0.2) is 0 Å². The summed E-state index contributed by atoms with van der Waals surface area (Å²) in [5, 5.41) is 12.6. The van der Waals surface area contributed by atoms with Crippen LogP contribution in [0.4, 0.5) is 8.78 Å². The van der Waals surface area contributed by atoms with Crippen LogP contribution in [-0.2, 0) is 0 Å². The monoisotopic (exact) mass is 289 g/mol. The lowest BCUT2D eigenvalue weighted by Gasteiger charge is -2.19. The van der Waals surface area contributed by atoms with E-state index in [9.17, 15) is 13.9 Å². The van der Waals surface area contributed by atoms with Crippen molar-refractivity contribution in [2.75, 3.05) is 19.8 Å². The van der Waals surface area contributed by atoms with Crippen LogP contribution in [0.1, 0.15) is 31.9 Å². The topological polar surface area (TPSA) is 50.7 Å². The second-order valence-electron chi connectivity index (χ2n) is 4.21. The minimum absolute atomic E-state index is 0.00205. The van der Waals surface area contributed by atoms with Gasteiger partial charge in [0.1, 0.15) is 0 Å². The number of alkyl halides is 2. The first-order valence-corrected chi connectivity index (χ1v) is 6.68. The van der Waals surface area contributed by atoms with E-state index >= 15 is 0 Å². The Morgan fingerprint density at radius 1 is 1.25 bits per heavy atom. The number of benzene rings is 1. The molecule has 0 amide bonds. The summed E-state index contributed by atoms with van der Waals surface area (Å²) in [6, 6.07) is 4.44. The second-order valence-corrected chi connectivity index (χ2v) is 4.21. The first-order valence-electron chi connectivity index (χ1n) is 6.68. The van der Waals surface area contributed by atoms with E-state index < -0.39 is 6.61 Å². The van der Waals surface area contributed by atoms with Gasteiger partial charge in [-0.05, 0) is 37.6 Å². The van der Waals surface area contributed by atoms with Crippen LogP contribution in [0.5, 0.6) is 11.5 Å². The molecule has 0 spiro atoms. The molecule has 4 nitrogen and oxygen atoms in total. The Morgan fingerprint density at radius 2 is 2.00 bits per heavy atom. The van der Waals surface area contributed by atoms with Gasteiger partial charge in [0.2, 0.25) is 0 Å². The van der Waals surface area contributed by atoms with E-state index in [1.165, 1.54) is 6.07 Å². The van der Waals surface area contributed by atoms with Crippen molar-refractivity contribution < 1.29 is 23.4 Å². The number of aliphatic hydroxyl groups is 1. The Bertz CT molecular complexity index is 402. The van der Waals surface area contributed by atoms with Gasteiger partial charge in [0, 0.05) is 0 Å². The van der Waals surface area contributed by atoms with E-state index in [1.807, 2.05) is 6.92 Å². The van der Waals surface area contributed by atoms with Crippen LogP contribution in [-0.4, -0.2) is 31.5 Å². The van der Waals surface area contributed by atoms with Crippen molar-refractivity contribution in [3.05, 3.63) is 23.8 Å². The summed E-state index contributed by atoms with van der Waals surface area (Å²) < 4.78 is 34.3. The zero-order valence-electron chi connectivity index (χ0n) is 11.7. The molecule has 0 aliphatic carbocycles. The summed E-state index contributed by atoms with van der Waals surface area (Å²) >= 11 is 0. The lowest BCUT2D eigenvalue weighted by molar-refractivity contribution is -0.0514. The molecule has 20 heavy (non-hydrogen) atoms.